The molecule has 1 saturated heterocycles. The third-order valence-corrected chi connectivity index (χ3v) is 4.85. The van der Waals surface area contributed by atoms with Gasteiger partial charge in [0.25, 0.3) is 0 Å². The molecule has 1 aromatic heterocycles. The van der Waals surface area contributed by atoms with Crippen LogP contribution in [0.25, 0.3) is 5.69 Å². The van der Waals surface area contributed by atoms with Gasteiger partial charge in [0.15, 0.2) is 0 Å². The minimum Gasteiger partial charge on any atom is -0.317 e. The van der Waals surface area contributed by atoms with E-state index < -0.39 is 0 Å². The molecule has 3 heteroatoms. The highest BCUT2D eigenvalue weighted by atomic mass is 15.3. The van der Waals surface area contributed by atoms with Crippen molar-refractivity contribution in [1.29, 1.82) is 0 Å². The molecule has 1 aliphatic rings. The SMILES string of the molecule is c1ccc(Cc2cnn(-c3ccccc3)c2C2CCNCC2)cc1. The summed E-state index contributed by atoms with van der Waals surface area (Å²) in [5.41, 5.74) is 5.26. The largest absolute Gasteiger partial charge is 0.317 e. The zero-order chi connectivity index (χ0) is 16.2. The molecule has 0 atom stereocenters. The number of aromatic nitrogens is 2. The van der Waals surface area contributed by atoms with Crippen LogP contribution in [-0.4, -0.2) is 22.9 Å². The second-order valence-electron chi connectivity index (χ2n) is 6.49. The van der Waals surface area contributed by atoms with Gasteiger partial charge in [-0.05, 0) is 49.2 Å². The number of nitrogens with one attached hydrogen (secondary N) is 1. The van der Waals surface area contributed by atoms with Crippen molar-refractivity contribution >= 4 is 0 Å². The normalized spacial score (nSPS) is 15.5. The minimum atomic E-state index is 0.577. The molecule has 1 fully saturated rings. The average molecular weight is 317 g/mol. The lowest BCUT2D eigenvalue weighted by Crippen LogP contribution is -2.28. The fraction of sp³-hybridized carbons (Fsp3) is 0.286. The van der Waals surface area contributed by atoms with Crippen molar-refractivity contribution < 1.29 is 0 Å². The standard InChI is InChI=1S/C21H23N3/c1-3-7-17(8-4-1)15-19-16-23-24(20-9-5-2-6-10-20)21(19)18-11-13-22-14-12-18/h1-10,16,18,22H,11-15H2. The maximum absolute atomic E-state index is 4.75. The van der Waals surface area contributed by atoms with Crippen molar-refractivity contribution in [2.45, 2.75) is 25.2 Å². The molecule has 2 aromatic carbocycles. The maximum atomic E-state index is 4.75. The smallest absolute Gasteiger partial charge is 0.0649 e. The summed E-state index contributed by atoms with van der Waals surface area (Å²) in [6, 6.07) is 21.2. The molecule has 0 spiro atoms. The van der Waals surface area contributed by atoms with Gasteiger partial charge in [-0.2, -0.15) is 5.10 Å². The number of benzene rings is 2. The number of rotatable bonds is 4. The molecule has 0 aliphatic carbocycles. The number of hydrogen-bond acceptors (Lipinski definition) is 2. The monoisotopic (exact) mass is 317 g/mol. The predicted octanol–water partition coefficient (Wildman–Crippen LogP) is 3.93. The molecule has 24 heavy (non-hydrogen) atoms. The van der Waals surface area contributed by atoms with Gasteiger partial charge >= 0.3 is 0 Å². The van der Waals surface area contributed by atoms with Crippen LogP contribution in [0.5, 0.6) is 0 Å². The molecule has 0 saturated carbocycles. The van der Waals surface area contributed by atoms with Gasteiger partial charge in [-0.25, -0.2) is 4.68 Å². The van der Waals surface area contributed by atoms with Crippen LogP contribution >= 0.6 is 0 Å². The Morgan fingerprint density at radius 2 is 1.58 bits per heavy atom. The zero-order valence-electron chi connectivity index (χ0n) is 13.9. The van der Waals surface area contributed by atoms with Crippen LogP contribution < -0.4 is 5.32 Å². The number of hydrogen-bond donors (Lipinski definition) is 1. The summed E-state index contributed by atoms with van der Waals surface area (Å²) in [5, 5.41) is 8.23. The lowest BCUT2D eigenvalue weighted by Gasteiger charge is -2.25. The van der Waals surface area contributed by atoms with Crippen molar-refractivity contribution in [3.63, 3.8) is 0 Å². The highest BCUT2D eigenvalue weighted by molar-refractivity contribution is 5.38. The molecule has 0 radical (unpaired) electrons. The lowest BCUT2D eigenvalue weighted by atomic mass is 9.90. The van der Waals surface area contributed by atoms with E-state index >= 15 is 0 Å². The molecule has 0 unspecified atom stereocenters. The molecule has 1 N–H and O–H groups in total. The molecule has 0 amide bonds. The number of para-hydroxylation sites is 1. The average Bonchev–Trinajstić information content (AvgIpc) is 3.07. The van der Waals surface area contributed by atoms with E-state index in [2.05, 4.69) is 76.9 Å². The fourth-order valence-electron chi connectivity index (χ4n) is 3.65. The van der Waals surface area contributed by atoms with Crippen molar-refractivity contribution in [2.24, 2.45) is 0 Å². The number of nitrogens with zero attached hydrogens (tertiary/aromatic N) is 2. The highest BCUT2D eigenvalue weighted by Crippen LogP contribution is 2.31. The van der Waals surface area contributed by atoms with E-state index in [9.17, 15) is 0 Å². The quantitative estimate of drug-likeness (QED) is 0.790. The van der Waals surface area contributed by atoms with Crippen LogP contribution in [-0.2, 0) is 6.42 Å². The van der Waals surface area contributed by atoms with Gasteiger partial charge in [-0.15, -0.1) is 0 Å². The second-order valence-corrected chi connectivity index (χ2v) is 6.49. The van der Waals surface area contributed by atoms with Gasteiger partial charge in [0.1, 0.15) is 0 Å². The van der Waals surface area contributed by atoms with Gasteiger partial charge < -0.3 is 5.32 Å². The highest BCUT2D eigenvalue weighted by Gasteiger charge is 2.23. The van der Waals surface area contributed by atoms with E-state index in [-0.39, 0.29) is 0 Å². The van der Waals surface area contributed by atoms with Gasteiger partial charge in [0, 0.05) is 12.3 Å². The number of piperidine rings is 1. The third kappa shape index (κ3) is 3.13. The van der Waals surface area contributed by atoms with E-state index in [4.69, 9.17) is 5.10 Å². The molecule has 0 bridgehead atoms. The first-order valence-corrected chi connectivity index (χ1v) is 8.78. The van der Waals surface area contributed by atoms with Crippen LogP contribution in [0.2, 0.25) is 0 Å². The van der Waals surface area contributed by atoms with E-state index in [0.29, 0.717) is 5.92 Å². The van der Waals surface area contributed by atoms with Crippen molar-refractivity contribution in [3.8, 4) is 5.69 Å². The molecule has 1 aliphatic heterocycles. The Morgan fingerprint density at radius 3 is 2.29 bits per heavy atom. The molecular weight excluding hydrogens is 294 g/mol. The first-order valence-electron chi connectivity index (χ1n) is 8.78. The van der Waals surface area contributed by atoms with Crippen LogP contribution in [0.1, 0.15) is 35.6 Å². The second kappa shape index (κ2) is 7.02. The summed E-state index contributed by atoms with van der Waals surface area (Å²) in [5.74, 6) is 0.577. The Labute approximate surface area is 143 Å². The Bertz CT molecular complexity index is 771. The first kappa shape index (κ1) is 15.2. The molecular formula is C21H23N3. The van der Waals surface area contributed by atoms with Crippen LogP contribution in [0.3, 0.4) is 0 Å². The zero-order valence-corrected chi connectivity index (χ0v) is 13.9. The van der Waals surface area contributed by atoms with Crippen molar-refractivity contribution in [3.05, 3.63) is 83.7 Å². The summed E-state index contributed by atoms with van der Waals surface area (Å²) in [6.07, 6.45) is 5.38. The molecule has 122 valence electrons. The third-order valence-electron chi connectivity index (χ3n) is 4.85. The van der Waals surface area contributed by atoms with Gasteiger partial charge in [0.05, 0.1) is 17.6 Å². The van der Waals surface area contributed by atoms with Crippen molar-refractivity contribution in [2.75, 3.05) is 13.1 Å². The summed E-state index contributed by atoms with van der Waals surface area (Å²) in [7, 11) is 0. The summed E-state index contributed by atoms with van der Waals surface area (Å²) < 4.78 is 2.16. The molecule has 4 rings (SSSR count). The Balaban J connectivity index is 1.74. The van der Waals surface area contributed by atoms with Crippen molar-refractivity contribution in [1.82, 2.24) is 15.1 Å². The van der Waals surface area contributed by atoms with Gasteiger partial charge in [0.2, 0.25) is 0 Å². The van der Waals surface area contributed by atoms with Crippen LogP contribution in [0, 0.1) is 0 Å². The minimum absolute atomic E-state index is 0.577. The Morgan fingerprint density at radius 1 is 0.917 bits per heavy atom. The molecule has 3 nitrogen and oxygen atoms in total. The maximum Gasteiger partial charge on any atom is 0.0649 e. The fourth-order valence-corrected chi connectivity index (χ4v) is 3.65. The van der Waals surface area contributed by atoms with Gasteiger partial charge in [-0.1, -0.05) is 48.5 Å². The van der Waals surface area contributed by atoms with E-state index in [1.807, 2.05) is 0 Å². The summed E-state index contributed by atoms with van der Waals surface area (Å²) in [6.45, 7) is 2.19. The Hall–Kier alpha value is -2.39. The first-order chi connectivity index (χ1) is 11.9. The summed E-state index contributed by atoms with van der Waals surface area (Å²) >= 11 is 0. The Kier molecular flexibility index (Phi) is 4.43. The molecule has 2 heterocycles. The van der Waals surface area contributed by atoms with Crippen LogP contribution in [0.4, 0.5) is 0 Å². The van der Waals surface area contributed by atoms with Gasteiger partial charge in [-0.3, -0.25) is 0 Å². The summed E-state index contributed by atoms with van der Waals surface area (Å²) in [4.78, 5) is 0. The van der Waals surface area contributed by atoms with E-state index in [1.54, 1.807) is 0 Å². The van der Waals surface area contributed by atoms with E-state index in [1.165, 1.54) is 29.7 Å². The molecule has 3 aromatic rings. The topological polar surface area (TPSA) is 29.9 Å². The van der Waals surface area contributed by atoms with Crippen LogP contribution in [0.15, 0.2) is 66.9 Å². The predicted molar refractivity (Wildman–Crippen MR) is 97.7 cm³/mol. The lowest BCUT2D eigenvalue weighted by molar-refractivity contribution is 0.444. The van der Waals surface area contributed by atoms with E-state index in [0.717, 1.165) is 25.2 Å².